The van der Waals surface area contributed by atoms with Gasteiger partial charge in [-0.05, 0) is 74.0 Å². The molecule has 4 rings (SSSR count). The first-order chi connectivity index (χ1) is 12.1. The van der Waals surface area contributed by atoms with Crippen molar-refractivity contribution in [2.75, 3.05) is 13.1 Å². The topological polar surface area (TPSA) is 20.3 Å². The van der Waals surface area contributed by atoms with Gasteiger partial charge in [0.2, 0.25) is 0 Å². The number of hydrogen-bond donors (Lipinski definition) is 0. The minimum atomic E-state index is 0.455. The van der Waals surface area contributed by atoms with Crippen LogP contribution in [0.5, 0.6) is 0 Å². The number of carbonyl (C=O) groups is 1. The first kappa shape index (κ1) is 16.5. The molecule has 2 heteroatoms. The standard InChI is InChI=1S/C23H27NO/c1-17-13-18(2)21-15-23(22(21)14-17)8-10-24(11-9-23)16-20-5-3-19(4-6-20)7-12-25/h3-6,12-14H,7-11,15-16H2,1-2H3. The van der Waals surface area contributed by atoms with Crippen LogP contribution in [0.1, 0.15) is 46.2 Å². The minimum Gasteiger partial charge on any atom is -0.303 e. The van der Waals surface area contributed by atoms with Gasteiger partial charge in [-0.25, -0.2) is 0 Å². The van der Waals surface area contributed by atoms with Gasteiger partial charge in [0.15, 0.2) is 0 Å². The van der Waals surface area contributed by atoms with Crippen LogP contribution in [0.2, 0.25) is 0 Å². The smallest absolute Gasteiger partial charge is 0.124 e. The van der Waals surface area contributed by atoms with Crippen molar-refractivity contribution < 1.29 is 4.79 Å². The molecule has 25 heavy (non-hydrogen) atoms. The van der Waals surface area contributed by atoms with Crippen LogP contribution in [0.25, 0.3) is 0 Å². The third kappa shape index (κ3) is 3.04. The molecule has 1 spiro atoms. The minimum absolute atomic E-state index is 0.455. The van der Waals surface area contributed by atoms with E-state index in [1.807, 2.05) is 0 Å². The maximum absolute atomic E-state index is 10.6. The van der Waals surface area contributed by atoms with Crippen molar-refractivity contribution in [2.45, 2.75) is 51.5 Å². The van der Waals surface area contributed by atoms with Gasteiger partial charge in [-0.15, -0.1) is 0 Å². The molecule has 1 aliphatic heterocycles. The van der Waals surface area contributed by atoms with Crippen molar-refractivity contribution >= 4 is 6.29 Å². The lowest BCUT2D eigenvalue weighted by molar-refractivity contribution is -0.107. The summed E-state index contributed by atoms with van der Waals surface area (Å²) in [6, 6.07) is 13.3. The van der Waals surface area contributed by atoms with Gasteiger partial charge < -0.3 is 4.79 Å². The van der Waals surface area contributed by atoms with Gasteiger partial charge in [0.1, 0.15) is 6.29 Å². The van der Waals surface area contributed by atoms with Crippen LogP contribution in [-0.4, -0.2) is 24.3 Å². The number of rotatable bonds is 4. The molecule has 0 unspecified atom stereocenters. The summed E-state index contributed by atoms with van der Waals surface area (Å²) in [6.45, 7) is 7.88. The summed E-state index contributed by atoms with van der Waals surface area (Å²) >= 11 is 0. The number of aldehydes is 1. The number of carbonyl (C=O) groups excluding carboxylic acids is 1. The second-order valence-electron chi connectivity index (χ2n) is 8.03. The van der Waals surface area contributed by atoms with Crippen molar-refractivity contribution in [1.29, 1.82) is 0 Å². The molecular weight excluding hydrogens is 306 g/mol. The Bertz CT molecular complexity index is 782. The van der Waals surface area contributed by atoms with Crippen LogP contribution < -0.4 is 0 Å². The lowest BCUT2D eigenvalue weighted by Gasteiger charge is -2.50. The summed E-state index contributed by atoms with van der Waals surface area (Å²) in [7, 11) is 0. The first-order valence-corrected chi connectivity index (χ1v) is 9.44. The molecule has 0 N–H and O–H groups in total. The summed E-state index contributed by atoms with van der Waals surface area (Å²) in [5.41, 5.74) is 9.06. The van der Waals surface area contributed by atoms with Gasteiger partial charge in [0.05, 0.1) is 0 Å². The average molecular weight is 333 g/mol. The molecule has 1 saturated heterocycles. The molecule has 0 amide bonds. The molecule has 2 nitrogen and oxygen atoms in total. The van der Waals surface area contributed by atoms with Gasteiger partial charge in [-0.3, -0.25) is 4.90 Å². The number of likely N-dealkylation sites (tertiary alicyclic amines) is 1. The Kier molecular flexibility index (Phi) is 4.24. The zero-order valence-electron chi connectivity index (χ0n) is 15.3. The third-order valence-corrected chi connectivity index (χ3v) is 6.27. The lowest BCUT2D eigenvalue weighted by Crippen LogP contribution is -2.49. The van der Waals surface area contributed by atoms with Crippen LogP contribution >= 0.6 is 0 Å². The van der Waals surface area contributed by atoms with E-state index in [4.69, 9.17) is 0 Å². The maximum atomic E-state index is 10.6. The van der Waals surface area contributed by atoms with Crippen molar-refractivity contribution in [1.82, 2.24) is 4.90 Å². The molecule has 0 saturated carbocycles. The summed E-state index contributed by atoms with van der Waals surface area (Å²) in [5, 5.41) is 0. The molecule has 1 aliphatic carbocycles. The fourth-order valence-electron chi connectivity index (χ4n) is 4.75. The van der Waals surface area contributed by atoms with Crippen LogP contribution in [0.4, 0.5) is 0 Å². The van der Waals surface area contributed by atoms with Gasteiger partial charge in [0.25, 0.3) is 0 Å². The lowest BCUT2D eigenvalue weighted by atomic mass is 9.58. The summed E-state index contributed by atoms with van der Waals surface area (Å²) in [6.07, 6.45) is 5.34. The SMILES string of the molecule is Cc1cc(C)c2c(c1)C1(CCN(Cc3ccc(CC=O)cc3)CC1)C2. The van der Waals surface area contributed by atoms with Gasteiger partial charge in [0, 0.05) is 18.4 Å². The third-order valence-electron chi connectivity index (χ3n) is 6.27. The molecule has 2 aromatic carbocycles. The molecule has 0 aromatic heterocycles. The Labute approximate surface area is 150 Å². The average Bonchev–Trinajstić information content (AvgIpc) is 2.60. The van der Waals surface area contributed by atoms with Crippen molar-refractivity contribution in [3.63, 3.8) is 0 Å². The van der Waals surface area contributed by atoms with Gasteiger partial charge in [-0.1, -0.05) is 42.0 Å². The van der Waals surface area contributed by atoms with E-state index < -0.39 is 0 Å². The zero-order valence-corrected chi connectivity index (χ0v) is 15.3. The number of nitrogens with zero attached hydrogens (tertiary/aromatic N) is 1. The quantitative estimate of drug-likeness (QED) is 0.784. The Hall–Kier alpha value is -1.93. The number of fused-ring (bicyclic) bond motifs is 2. The van der Waals surface area contributed by atoms with Crippen LogP contribution in [0.15, 0.2) is 36.4 Å². The molecule has 0 atom stereocenters. The second-order valence-corrected chi connectivity index (χ2v) is 8.03. The highest BCUT2D eigenvalue weighted by atomic mass is 16.1. The fraction of sp³-hybridized carbons (Fsp3) is 0.435. The Morgan fingerprint density at radius 1 is 1.04 bits per heavy atom. The molecule has 0 radical (unpaired) electrons. The predicted molar refractivity (Wildman–Crippen MR) is 102 cm³/mol. The van der Waals surface area contributed by atoms with E-state index in [-0.39, 0.29) is 0 Å². The van der Waals surface area contributed by atoms with E-state index >= 15 is 0 Å². The summed E-state index contributed by atoms with van der Waals surface area (Å²) < 4.78 is 0. The predicted octanol–water partition coefficient (Wildman–Crippen LogP) is 4.13. The van der Waals surface area contributed by atoms with Crippen LogP contribution in [0, 0.1) is 13.8 Å². The number of benzene rings is 2. The first-order valence-electron chi connectivity index (χ1n) is 9.44. The van der Waals surface area contributed by atoms with Crippen molar-refractivity contribution in [3.05, 3.63) is 69.8 Å². The highest BCUT2D eigenvalue weighted by Crippen LogP contribution is 2.49. The van der Waals surface area contributed by atoms with E-state index in [0.717, 1.165) is 18.4 Å². The molecule has 2 aliphatic rings. The van der Waals surface area contributed by atoms with E-state index in [1.54, 1.807) is 11.1 Å². The van der Waals surface area contributed by atoms with Crippen LogP contribution in [-0.2, 0) is 29.6 Å². The highest BCUT2D eigenvalue weighted by molar-refractivity contribution is 5.55. The molecule has 1 heterocycles. The van der Waals surface area contributed by atoms with E-state index in [9.17, 15) is 4.79 Å². The molecule has 0 bridgehead atoms. The number of hydrogen-bond acceptors (Lipinski definition) is 2. The maximum Gasteiger partial charge on any atom is 0.124 e. The monoisotopic (exact) mass is 333 g/mol. The van der Waals surface area contributed by atoms with E-state index in [1.165, 1.54) is 49.0 Å². The van der Waals surface area contributed by atoms with E-state index in [0.29, 0.717) is 11.8 Å². The Morgan fingerprint density at radius 2 is 1.72 bits per heavy atom. The Morgan fingerprint density at radius 3 is 2.40 bits per heavy atom. The molecular formula is C23H27NO. The van der Waals surface area contributed by atoms with E-state index in [2.05, 4.69) is 55.1 Å². The Balaban J connectivity index is 1.40. The largest absolute Gasteiger partial charge is 0.303 e. The van der Waals surface area contributed by atoms with Gasteiger partial charge >= 0.3 is 0 Å². The summed E-state index contributed by atoms with van der Waals surface area (Å²) in [5.74, 6) is 0. The molecule has 2 aromatic rings. The van der Waals surface area contributed by atoms with Gasteiger partial charge in [-0.2, -0.15) is 0 Å². The summed E-state index contributed by atoms with van der Waals surface area (Å²) in [4.78, 5) is 13.2. The van der Waals surface area contributed by atoms with Crippen molar-refractivity contribution in [2.24, 2.45) is 0 Å². The van der Waals surface area contributed by atoms with Crippen LogP contribution in [0.3, 0.4) is 0 Å². The molecule has 1 fully saturated rings. The second kappa shape index (κ2) is 6.42. The number of aryl methyl sites for hydroxylation is 2. The van der Waals surface area contributed by atoms with Crippen molar-refractivity contribution in [3.8, 4) is 0 Å². The number of piperidine rings is 1. The fourth-order valence-corrected chi connectivity index (χ4v) is 4.75. The zero-order chi connectivity index (χ0) is 17.4. The normalized spacial score (nSPS) is 18.6. The highest BCUT2D eigenvalue weighted by Gasteiger charge is 2.45. The molecule has 130 valence electrons.